The van der Waals surface area contributed by atoms with Crippen molar-refractivity contribution >= 4 is 29.3 Å². The van der Waals surface area contributed by atoms with Crippen molar-refractivity contribution in [3.8, 4) is 0 Å². The lowest BCUT2D eigenvalue weighted by Gasteiger charge is -2.10. The molecule has 7 nitrogen and oxygen atoms in total. The van der Waals surface area contributed by atoms with Gasteiger partial charge in [0.25, 0.3) is 5.56 Å². The van der Waals surface area contributed by atoms with E-state index in [0.717, 1.165) is 23.2 Å². The first-order valence-corrected chi connectivity index (χ1v) is 6.97. The monoisotopic (exact) mass is 327 g/mol. The number of aromatic amines is 1. The van der Waals surface area contributed by atoms with Crippen molar-refractivity contribution < 1.29 is 4.79 Å². The number of amides is 1. The second-order valence-electron chi connectivity index (χ2n) is 5.17. The van der Waals surface area contributed by atoms with Gasteiger partial charge in [-0.3, -0.25) is 19.4 Å². The smallest absolute Gasteiger partial charge is 0.273 e. The molecule has 0 spiro atoms. The Kier molecular flexibility index (Phi) is 6.13. The van der Waals surface area contributed by atoms with Crippen LogP contribution in [0.3, 0.4) is 0 Å². The van der Waals surface area contributed by atoms with E-state index in [1.54, 1.807) is 11.7 Å². The van der Waals surface area contributed by atoms with E-state index in [1.807, 2.05) is 13.8 Å². The molecule has 0 unspecified atom stereocenters. The zero-order chi connectivity index (χ0) is 15.6. The summed E-state index contributed by atoms with van der Waals surface area (Å²) < 4.78 is 1.60. The van der Waals surface area contributed by atoms with Gasteiger partial charge in [0.05, 0.1) is 11.8 Å². The van der Waals surface area contributed by atoms with Crippen molar-refractivity contribution in [3.05, 3.63) is 27.2 Å². The van der Waals surface area contributed by atoms with Gasteiger partial charge in [-0.15, -0.1) is 12.4 Å². The lowest BCUT2D eigenvalue weighted by Crippen LogP contribution is -2.28. The lowest BCUT2D eigenvalue weighted by atomic mass is 10.0. The molecule has 0 aliphatic carbocycles. The number of halogens is 1. The van der Waals surface area contributed by atoms with Crippen molar-refractivity contribution in [1.29, 1.82) is 0 Å². The third-order valence-corrected chi connectivity index (χ3v) is 3.62. The van der Waals surface area contributed by atoms with E-state index >= 15 is 0 Å². The number of rotatable bonds is 5. The van der Waals surface area contributed by atoms with Gasteiger partial charge < -0.3 is 11.1 Å². The van der Waals surface area contributed by atoms with Crippen LogP contribution in [0.15, 0.2) is 4.79 Å². The van der Waals surface area contributed by atoms with Crippen LogP contribution in [0.5, 0.6) is 0 Å². The number of carbonyl (C=O) groups is 1. The lowest BCUT2D eigenvalue weighted by molar-refractivity contribution is -0.120. The minimum Gasteiger partial charge on any atom is -0.356 e. The maximum atomic E-state index is 11.9. The SMILES string of the molecule is Cc1nc2c(c(C)c1CC(=O)NCCCN)c(=O)[nH]n2C.Cl. The van der Waals surface area contributed by atoms with Crippen molar-refractivity contribution in [2.75, 3.05) is 13.1 Å². The maximum absolute atomic E-state index is 11.9. The highest BCUT2D eigenvalue weighted by Crippen LogP contribution is 2.20. The Morgan fingerprint density at radius 1 is 1.41 bits per heavy atom. The number of aryl methyl sites for hydroxylation is 3. The second kappa shape index (κ2) is 7.42. The summed E-state index contributed by atoms with van der Waals surface area (Å²) in [6.07, 6.45) is 0.971. The van der Waals surface area contributed by atoms with Crippen LogP contribution in [-0.2, 0) is 18.3 Å². The van der Waals surface area contributed by atoms with Crippen LogP contribution in [0.2, 0.25) is 0 Å². The predicted octanol–water partition coefficient (Wildman–Crippen LogP) is 0.308. The number of carbonyl (C=O) groups excluding carboxylic acids is 1. The topological polar surface area (TPSA) is 106 Å². The van der Waals surface area contributed by atoms with Crippen molar-refractivity contribution in [1.82, 2.24) is 20.1 Å². The van der Waals surface area contributed by atoms with Crippen LogP contribution < -0.4 is 16.6 Å². The van der Waals surface area contributed by atoms with Gasteiger partial charge in [0.1, 0.15) is 0 Å². The zero-order valence-corrected chi connectivity index (χ0v) is 13.8. The summed E-state index contributed by atoms with van der Waals surface area (Å²) in [7, 11) is 1.74. The number of fused-ring (bicyclic) bond motifs is 1. The van der Waals surface area contributed by atoms with Crippen molar-refractivity contribution in [3.63, 3.8) is 0 Å². The van der Waals surface area contributed by atoms with Crippen molar-refractivity contribution in [2.45, 2.75) is 26.7 Å². The molecule has 0 bridgehead atoms. The standard InChI is InChI=1S/C14H21N5O2.ClH/c1-8-10(7-11(20)16-6-4-5-15)9(2)17-13-12(8)14(21)18-19(13)3;/h4-7,15H2,1-3H3,(H,16,20)(H,18,21);1H. The molecule has 2 aromatic rings. The Hall–Kier alpha value is -1.86. The second-order valence-corrected chi connectivity index (χ2v) is 5.17. The molecule has 0 atom stereocenters. The molecule has 0 aliphatic heterocycles. The average molecular weight is 328 g/mol. The van der Waals surface area contributed by atoms with Crippen LogP contribution in [0.1, 0.15) is 23.2 Å². The fourth-order valence-corrected chi connectivity index (χ4v) is 2.46. The van der Waals surface area contributed by atoms with Gasteiger partial charge >= 0.3 is 0 Å². The number of nitrogens with two attached hydrogens (primary N) is 1. The maximum Gasteiger partial charge on any atom is 0.273 e. The van der Waals surface area contributed by atoms with Gasteiger partial charge in [-0.1, -0.05) is 0 Å². The number of hydrogen-bond acceptors (Lipinski definition) is 4. The van der Waals surface area contributed by atoms with E-state index in [2.05, 4.69) is 15.4 Å². The number of aromatic nitrogens is 3. The molecule has 0 aliphatic rings. The van der Waals surface area contributed by atoms with Crippen molar-refractivity contribution in [2.24, 2.45) is 12.8 Å². The molecule has 4 N–H and O–H groups in total. The third kappa shape index (κ3) is 3.48. The van der Waals surface area contributed by atoms with Crippen LogP contribution in [0.4, 0.5) is 0 Å². The molecule has 22 heavy (non-hydrogen) atoms. The number of H-pyrrole nitrogens is 1. The van der Waals surface area contributed by atoms with Gasteiger partial charge in [-0.05, 0) is 37.9 Å². The van der Waals surface area contributed by atoms with Gasteiger partial charge in [0, 0.05) is 19.3 Å². The summed E-state index contributed by atoms with van der Waals surface area (Å²) in [5.74, 6) is -0.0804. The summed E-state index contributed by atoms with van der Waals surface area (Å²) in [6.45, 7) is 4.82. The molecule has 8 heteroatoms. The molecule has 122 valence electrons. The molecule has 0 saturated heterocycles. The number of nitrogens with one attached hydrogen (secondary N) is 2. The molecule has 2 rings (SSSR count). The molecule has 0 fully saturated rings. The predicted molar refractivity (Wildman–Crippen MR) is 88.4 cm³/mol. The van der Waals surface area contributed by atoms with E-state index in [1.165, 1.54) is 0 Å². The first-order chi connectivity index (χ1) is 9.95. The minimum atomic E-state index is -0.178. The van der Waals surface area contributed by atoms with Gasteiger partial charge in [-0.2, -0.15) is 0 Å². The van der Waals surface area contributed by atoms with Crippen LogP contribution in [0, 0.1) is 13.8 Å². The minimum absolute atomic E-state index is 0. The highest BCUT2D eigenvalue weighted by molar-refractivity contribution is 5.85. The van der Waals surface area contributed by atoms with E-state index in [4.69, 9.17) is 5.73 Å². The number of hydrogen-bond donors (Lipinski definition) is 3. The summed E-state index contributed by atoms with van der Waals surface area (Å²) in [6, 6.07) is 0. The molecule has 2 heterocycles. The Bertz CT molecular complexity index is 735. The summed E-state index contributed by atoms with van der Waals surface area (Å²) in [4.78, 5) is 28.3. The molecular weight excluding hydrogens is 306 g/mol. The summed E-state index contributed by atoms with van der Waals surface area (Å²) in [5, 5.41) is 6.06. The van der Waals surface area contributed by atoms with E-state index < -0.39 is 0 Å². The molecule has 2 aromatic heterocycles. The average Bonchev–Trinajstić information content (AvgIpc) is 2.70. The fourth-order valence-electron chi connectivity index (χ4n) is 2.46. The largest absolute Gasteiger partial charge is 0.356 e. The highest BCUT2D eigenvalue weighted by atomic mass is 35.5. The number of pyridine rings is 1. The van der Waals surface area contributed by atoms with Crippen LogP contribution in [-0.4, -0.2) is 33.8 Å². The molecular formula is C14H22ClN5O2. The Morgan fingerprint density at radius 2 is 2.09 bits per heavy atom. The highest BCUT2D eigenvalue weighted by Gasteiger charge is 2.17. The molecule has 0 saturated carbocycles. The Balaban J connectivity index is 0.00000242. The quantitative estimate of drug-likeness (QED) is 0.687. The molecule has 0 aromatic carbocycles. The Labute approximate surface area is 134 Å². The molecule has 1 amide bonds. The molecule has 0 radical (unpaired) electrons. The van der Waals surface area contributed by atoms with Gasteiger partial charge in [0.15, 0.2) is 5.65 Å². The normalized spacial score (nSPS) is 10.5. The van der Waals surface area contributed by atoms with Crippen LogP contribution >= 0.6 is 12.4 Å². The summed E-state index contributed by atoms with van der Waals surface area (Å²) in [5.41, 5.74) is 8.22. The Morgan fingerprint density at radius 3 is 2.73 bits per heavy atom. The summed E-state index contributed by atoms with van der Waals surface area (Å²) >= 11 is 0. The number of nitrogens with zero attached hydrogens (tertiary/aromatic N) is 2. The van der Waals surface area contributed by atoms with Gasteiger partial charge in [0.2, 0.25) is 5.91 Å². The fraction of sp³-hybridized carbons (Fsp3) is 0.500. The van der Waals surface area contributed by atoms with Gasteiger partial charge in [-0.25, -0.2) is 4.98 Å². The van der Waals surface area contributed by atoms with Crippen LogP contribution in [0.25, 0.3) is 11.0 Å². The third-order valence-electron chi connectivity index (χ3n) is 3.62. The van der Waals surface area contributed by atoms with E-state index in [9.17, 15) is 9.59 Å². The first kappa shape index (κ1) is 18.2. The first-order valence-electron chi connectivity index (χ1n) is 6.97. The van der Waals surface area contributed by atoms with E-state index in [-0.39, 0.29) is 30.3 Å². The van der Waals surface area contributed by atoms with E-state index in [0.29, 0.717) is 24.1 Å². The zero-order valence-electron chi connectivity index (χ0n) is 13.0.